The van der Waals surface area contributed by atoms with E-state index in [0.29, 0.717) is 6.54 Å². The Bertz CT molecular complexity index is 948. The van der Waals surface area contributed by atoms with Crippen LogP contribution in [0.15, 0.2) is 53.9 Å². The molecule has 6 heteroatoms. The number of nitrogens with zero attached hydrogens (tertiary/aromatic N) is 1. The quantitative estimate of drug-likeness (QED) is 0.682. The minimum absolute atomic E-state index is 0.0489. The van der Waals surface area contributed by atoms with E-state index >= 15 is 0 Å². The van der Waals surface area contributed by atoms with Crippen molar-refractivity contribution in [2.45, 2.75) is 26.8 Å². The molecule has 0 aliphatic carbocycles. The summed E-state index contributed by atoms with van der Waals surface area (Å²) in [6.07, 6.45) is 0.249. The second kappa shape index (κ2) is 8.60. The molecule has 1 aromatic heterocycles. The second-order valence-corrected chi connectivity index (χ2v) is 7.27. The van der Waals surface area contributed by atoms with E-state index in [9.17, 15) is 9.59 Å². The van der Waals surface area contributed by atoms with Gasteiger partial charge in [0.2, 0.25) is 11.8 Å². The lowest BCUT2D eigenvalue weighted by atomic mass is 10.1. The summed E-state index contributed by atoms with van der Waals surface area (Å²) < 4.78 is 0. The highest BCUT2D eigenvalue weighted by Crippen LogP contribution is 2.23. The number of nitrogens with one attached hydrogen (secondary N) is 2. The molecule has 0 atom stereocenters. The Balaban J connectivity index is 1.60. The smallest absolute Gasteiger partial charge is 0.231 e. The van der Waals surface area contributed by atoms with Crippen molar-refractivity contribution in [1.82, 2.24) is 10.3 Å². The molecule has 0 saturated carbocycles. The zero-order valence-corrected chi connectivity index (χ0v) is 16.1. The van der Waals surface area contributed by atoms with Crippen molar-refractivity contribution in [3.63, 3.8) is 0 Å². The minimum Gasteiger partial charge on any atom is -0.352 e. The first kappa shape index (κ1) is 18.8. The third-order valence-corrected chi connectivity index (χ3v) is 4.81. The van der Waals surface area contributed by atoms with Crippen LogP contribution in [0, 0.1) is 6.92 Å². The van der Waals surface area contributed by atoms with E-state index < -0.39 is 0 Å². The number of carbonyl (C=O) groups excluding carboxylic acids is 2. The van der Waals surface area contributed by atoms with Gasteiger partial charge in [-0.3, -0.25) is 9.59 Å². The molecule has 27 heavy (non-hydrogen) atoms. The number of carbonyl (C=O) groups is 2. The molecule has 5 nitrogen and oxygen atoms in total. The van der Waals surface area contributed by atoms with Gasteiger partial charge in [-0.05, 0) is 30.2 Å². The van der Waals surface area contributed by atoms with E-state index in [1.165, 1.54) is 18.3 Å². The molecule has 138 valence electrons. The van der Waals surface area contributed by atoms with Gasteiger partial charge in [0.25, 0.3) is 0 Å². The van der Waals surface area contributed by atoms with Gasteiger partial charge in [0.15, 0.2) is 0 Å². The number of aryl methyl sites for hydroxylation is 1. The van der Waals surface area contributed by atoms with E-state index in [1.807, 2.05) is 60.8 Å². The highest BCUT2D eigenvalue weighted by molar-refractivity contribution is 7.10. The minimum atomic E-state index is -0.0767. The van der Waals surface area contributed by atoms with Crippen molar-refractivity contribution in [1.29, 1.82) is 0 Å². The second-order valence-electron chi connectivity index (χ2n) is 6.33. The number of amides is 2. The van der Waals surface area contributed by atoms with Gasteiger partial charge in [0.1, 0.15) is 5.01 Å². The fourth-order valence-corrected chi connectivity index (χ4v) is 3.41. The summed E-state index contributed by atoms with van der Waals surface area (Å²) in [5, 5.41) is 8.41. The number of benzene rings is 2. The molecule has 0 aliphatic rings. The molecule has 0 saturated heterocycles. The Kier molecular flexibility index (Phi) is 5.98. The largest absolute Gasteiger partial charge is 0.352 e. The van der Waals surface area contributed by atoms with Crippen LogP contribution in [0.5, 0.6) is 0 Å². The van der Waals surface area contributed by atoms with Crippen LogP contribution in [-0.4, -0.2) is 16.8 Å². The fraction of sp³-hybridized carbons (Fsp3) is 0.190. The van der Waals surface area contributed by atoms with Crippen LogP contribution in [-0.2, 0) is 22.6 Å². The van der Waals surface area contributed by atoms with Gasteiger partial charge >= 0.3 is 0 Å². The number of hydrogen-bond acceptors (Lipinski definition) is 4. The maximum absolute atomic E-state index is 12.2. The van der Waals surface area contributed by atoms with Crippen molar-refractivity contribution in [3.05, 3.63) is 70.0 Å². The number of thiazole rings is 1. The third-order valence-electron chi connectivity index (χ3n) is 3.96. The maximum atomic E-state index is 12.2. The van der Waals surface area contributed by atoms with Crippen LogP contribution in [0.3, 0.4) is 0 Å². The van der Waals surface area contributed by atoms with Crippen molar-refractivity contribution in [3.8, 4) is 11.3 Å². The number of aromatic nitrogens is 1. The van der Waals surface area contributed by atoms with Gasteiger partial charge in [-0.15, -0.1) is 11.3 Å². The predicted octanol–water partition coefficient (Wildman–Crippen LogP) is 3.94. The highest BCUT2D eigenvalue weighted by Gasteiger charge is 2.10. The fourth-order valence-electron chi connectivity index (χ4n) is 2.61. The van der Waals surface area contributed by atoms with Crippen LogP contribution in [0.1, 0.15) is 23.1 Å². The molecule has 3 aromatic rings. The summed E-state index contributed by atoms with van der Waals surface area (Å²) in [6.45, 7) is 4.00. The molecule has 0 fully saturated rings. The number of hydrogen-bond donors (Lipinski definition) is 2. The zero-order chi connectivity index (χ0) is 19.2. The first-order valence-corrected chi connectivity index (χ1v) is 9.52. The van der Waals surface area contributed by atoms with Crippen LogP contribution in [0.2, 0.25) is 0 Å². The molecule has 0 spiro atoms. The van der Waals surface area contributed by atoms with E-state index in [2.05, 4.69) is 15.6 Å². The molecule has 3 rings (SSSR count). The van der Waals surface area contributed by atoms with Crippen molar-refractivity contribution in [2.75, 3.05) is 5.32 Å². The molecule has 2 amide bonds. The average Bonchev–Trinajstić information content (AvgIpc) is 3.08. The molecule has 0 aliphatic heterocycles. The van der Waals surface area contributed by atoms with Gasteiger partial charge in [0, 0.05) is 30.1 Å². The Labute approximate surface area is 162 Å². The van der Waals surface area contributed by atoms with Gasteiger partial charge < -0.3 is 10.6 Å². The van der Waals surface area contributed by atoms with Crippen LogP contribution in [0.25, 0.3) is 11.3 Å². The van der Waals surface area contributed by atoms with Crippen LogP contribution >= 0.6 is 11.3 Å². The van der Waals surface area contributed by atoms with Crippen molar-refractivity contribution in [2.24, 2.45) is 0 Å². The van der Waals surface area contributed by atoms with Gasteiger partial charge in [-0.25, -0.2) is 4.98 Å². The Hall–Kier alpha value is -2.99. The predicted molar refractivity (Wildman–Crippen MR) is 109 cm³/mol. The van der Waals surface area contributed by atoms with E-state index in [4.69, 9.17) is 0 Å². The van der Waals surface area contributed by atoms with Gasteiger partial charge in [-0.1, -0.05) is 36.4 Å². The maximum Gasteiger partial charge on any atom is 0.231 e. The summed E-state index contributed by atoms with van der Waals surface area (Å²) in [5.41, 5.74) is 4.77. The van der Waals surface area contributed by atoms with Crippen molar-refractivity contribution >= 4 is 28.8 Å². The van der Waals surface area contributed by atoms with E-state index in [1.54, 1.807) is 0 Å². The SMILES string of the molecule is CC(=O)NCc1ccc(-c2csc(CC(=O)Nc3cccc(C)c3)n2)cc1. The lowest BCUT2D eigenvalue weighted by molar-refractivity contribution is -0.119. The van der Waals surface area contributed by atoms with Crippen molar-refractivity contribution < 1.29 is 9.59 Å². The molecule has 2 aromatic carbocycles. The molecule has 0 radical (unpaired) electrons. The van der Waals surface area contributed by atoms with Crippen LogP contribution < -0.4 is 10.6 Å². The summed E-state index contributed by atoms with van der Waals surface area (Å²) in [4.78, 5) is 27.8. The normalized spacial score (nSPS) is 10.4. The third kappa shape index (κ3) is 5.49. The first-order chi connectivity index (χ1) is 13.0. The van der Waals surface area contributed by atoms with Gasteiger partial charge in [-0.2, -0.15) is 0 Å². The molecular formula is C21H21N3O2S. The molecule has 0 unspecified atom stereocenters. The summed E-state index contributed by atoms with van der Waals surface area (Å²) >= 11 is 1.48. The monoisotopic (exact) mass is 379 g/mol. The number of rotatable bonds is 6. The molecular weight excluding hydrogens is 358 g/mol. The summed E-state index contributed by atoms with van der Waals surface area (Å²) in [6, 6.07) is 15.6. The van der Waals surface area contributed by atoms with Gasteiger partial charge in [0.05, 0.1) is 12.1 Å². The lowest BCUT2D eigenvalue weighted by Crippen LogP contribution is -2.18. The molecule has 1 heterocycles. The summed E-state index contributed by atoms with van der Waals surface area (Å²) in [7, 11) is 0. The Morgan fingerprint density at radius 2 is 1.89 bits per heavy atom. The Morgan fingerprint density at radius 3 is 2.59 bits per heavy atom. The van der Waals surface area contributed by atoms with Crippen LogP contribution in [0.4, 0.5) is 5.69 Å². The van der Waals surface area contributed by atoms with E-state index in [-0.39, 0.29) is 18.2 Å². The topological polar surface area (TPSA) is 71.1 Å². The zero-order valence-electron chi connectivity index (χ0n) is 15.3. The number of anilines is 1. The highest BCUT2D eigenvalue weighted by atomic mass is 32.1. The first-order valence-electron chi connectivity index (χ1n) is 8.64. The Morgan fingerprint density at radius 1 is 1.11 bits per heavy atom. The summed E-state index contributed by atoms with van der Waals surface area (Å²) in [5.74, 6) is -0.126. The lowest BCUT2D eigenvalue weighted by Gasteiger charge is -2.05. The standard InChI is InChI=1S/C21H21N3O2S/c1-14-4-3-5-18(10-14)23-20(26)11-21-24-19(13-27-21)17-8-6-16(7-9-17)12-22-15(2)25/h3-10,13H,11-12H2,1-2H3,(H,22,25)(H,23,26). The van der Waals surface area contributed by atoms with E-state index in [0.717, 1.165) is 33.1 Å². The molecule has 2 N–H and O–H groups in total. The molecule has 0 bridgehead atoms. The average molecular weight is 379 g/mol.